The Morgan fingerprint density at radius 3 is 2.08 bits per heavy atom. The van der Waals surface area contributed by atoms with Crippen molar-refractivity contribution in [3.05, 3.63) is 114 Å². The van der Waals surface area contributed by atoms with Gasteiger partial charge in [0.25, 0.3) is 5.91 Å². The number of piperazine rings is 1. The first-order valence-electron chi connectivity index (χ1n) is 12.2. The lowest BCUT2D eigenvalue weighted by Gasteiger charge is -2.39. The molecule has 2 N–H and O–H groups in total. The Hall–Kier alpha value is -3.81. The van der Waals surface area contributed by atoms with Gasteiger partial charge >= 0.3 is 0 Å². The highest BCUT2D eigenvalue weighted by Crippen LogP contribution is 2.29. The third-order valence-electron chi connectivity index (χ3n) is 6.26. The number of hydrogen-bond donors (Lipinski definition) is 2. The monoisotopic (exact) mass is 486 g/mol. The molecule has 4 rings (SSSR count). The van der Waals surface area contributed by atoms with Crippen molar-refractivity contribution in [1.82, 2.24) is 20.7 Å². The summed E-state index contributed by atoms with van der Waals surface area (Å²) in [6.45, 7) is 4.16. The van der Waals surface area contributed by atoms with E-state index in [9.17, 15) is 14.0 Å². The van der Waals surface area contributed by atoms with Crippen molar-refractivity contribution < 1.29 is 14.0 Å². The van der Waals surface area contributed by atoms with E-state index >= 15 is 0 Å². The third kappa shape index (κ3) is 7.34. The number of nitrogens with one attached hydrogen (secondary N) is 2. The Morgan fingerprint density at radius 1 is 0.833 bits per heavy atom. The summed E-state index contributed by atoms with van der Waals surface area (Å²) in [6.07, 6.45) is 3.03. The van der Waals surface area contributed by atoms with Crippen molar-refractivity contribution in [3.63, 3.8) is 0 Å². The highest BCUT2D eigenvalue weighted by Gasteiger charge is 2.26. The number of nitrogens with zero attached hydrogens (tertiary/aromatic N) is 2. The topological polar surface area (TPSA) is 64.7 Å². The van der Waals surface area contributed by atoms with E-state index in [-0.39, 0.29) is 24.2 Å². The Labute approximate surface area is 211 Å². The number of hydrazine groups is 1. The zero-order chi connectivity index (χ0) is 25.2. The van der Waals surface area contributed by atoms with Crippen LogP contribution in [-0.2, 0) is 9.59 Å². The normalized spacial score (nSPS) is 14.7. The number of carbonyl (C=O) groups is 2. The van der Waals surface area contributed by atoms with Crippen molar-refractivity contribution >= 4 is 17.9 Å². The van der Waals surface area contributed by atoms with Crippen LogP contribution < -0.4 is 10.9 Å². The summed E-state index contributed by atoms with van der Waals surface area (Å²) in [6, 6.07) is 27.2. The lowest BCUT2D eigenvalue weighted by molar-refractivity contribution is -0.127. The fourth-order valence-electron chi connectivity index (χ4n) is 4.41. The molecule has 3 aromatic rings. The van der Waals surface area contributed by atoms with Crippen LogP contribution in [0, 0.1) is 5.82 Å². The molecule has 0 aromatic heterocycles. The summed E-state index contributed by atoms with van der Waals surface area (Å²) in [7, 11) is 0. The van der Waals surface area contributed by atoms with Gasteiger partial charge in [0.1, 0.15) is 5.82 Å². The highest BCUT2D eigenvalue weighted by molar-refractivity contribution is 5.93. The predicted molar refractivity (Wildman–Crippen MR) is 139 cm³/mol. The van der Waals surface area contributed by atoms with Gasteiger partial charge in [-0.2, -0.15) is 0 Å². The summed E-state index contributed by atoms with van der Waals surface area (Å²) in [5.74, 6) is -1.10. The molecule has 2 amide bonds. The quantitative estimate of drug-likeness (QED) is 0.376. The Balaban J connectivity index is 1.21. The maximum atomic E-state index is 13.2. The standard InChI is InChI=1S/C29H31FN4O2/c30-26-13-7-8-23(22-26)14-15-27(35)31-32-28(36)16-17-33-18-20-34(21-19-33)29(24-9-3-1-4-10-24)25-11-5-2-6-12-25/h1-15,22,29H,16-21H2,(H,31,35)(H,32,36). The van der Waals surface area contributed by atoms with E-state index < -0.39 is 5.91 Å². The van der Waals surface area contributed by atoms with E-state index in [0.717, 1.165) is 26.2 Å². The summed E-state index contributed by atoms with van der Waals surface area (Å²) in [5, 5.41) is 0. The van der Waals surface area contributed by atoms with Crippen LogP contribution in [0.5, 0.6) is 0 Å². The summed E-state index contributed by atoms with van der Waals surface area (Å²) < 4.78 is 13.2. The van der Waals surface area contributed by atoms with Crippen LogP contribution in [0.15, 0.2) is 91.0 Å². The first-order valence-corrected chi connectivity index (χ1v) is 12.2. The zero-order valence-electron chi connectivity index (χ0n) is 20.1. The molecule has 7 heteroatoms. The molecule has 1 heterocycles. The zero-order valence-corrected chi connectivity index (χ0v) is 20.1. The fraction of sp³-hybridized carbons (Fsp3) is 0.241. The SMILES string of the molecule is O=C(C=Cc1cccc(F)c1)NNC(=O)CCN1CCN(C(c2ccccc2)c2ccccc2)CC1. The second kappa shape index (κ2) is 12.8. The second-order valence-corrected chi connectivity index (χ2v) is 8.78. The van der Waals surface area contributed by atoms with Gasteiger partial charge < -0.3 is 4.90 Å². The molecule has 6 nitrogen and oxygen atoms in total. The molecule has 0 saturated carbocycles. The molecule has 1 saturated heterocycles. The van der Waals surface area contributed by atoms with Crippen LogP contribution >= 0.6 is 0 Å². The number of amides is 2. The Bertz CT molecular complexity index is 1120. The molecule has 3 aromatic carbocycles. The molecule has 186 valence electrons. The molecule has 1 aliphatic heterocycles. The average molecular weight is 487 g/mol. The molecular formula is C29H31FN4O2. The van der Waals surface area contributed by atoms with Crippen LogP contribution in [-0.4, -0.2) is 54.3 Å². The Morgan fingerprint density at radius 2 is 1.47 bits per heavy atom. The largest absolute Gasteiger partial charge is 0.300 e. The lowest BCUT2D eigenvalue weighted by Crippen LogP contribution is -2.49. The number of halogens is 1. The molecule has 0 aliphatic carbocycles. The van der Waals surface area contributed by atoms with Gasteiger partial charge in [-0.3, -0.25) is 25.3 Å². The molecule has 36 heavy (non-hydrogen) atoms. The summed E-state index contributed by atoms with van der Waals surface area (Å²) >= 11 is 0. The summed E-state index contributed by atoms with van der Waals surface area (Å²) in [4.78, 5) is 28.9. The van der Waals surface area contributed by atoms with Gasteiger partial charge in [-0.05, 0) is 34.9 Å². The minimum Gasteiger partial charge on any atom is -0.300 e. The number of benzene rings is 3. The van der Waals surface area contributed by atoms with Crippen molar-refractivity contribution in [2.45, 2.75) is 12.5 Å². The number of rotatable bonds is 8. The van der Waals surface area contributed by atoms with E-state index in [1.54, 1.807) is 12.1 Å². The first-order chi connectivity index (χ1) is 17.6. The maximum absolute atomic E-state index is 13.2. The fourth-order valence-corrected chi connectivity index (χ4v) is 4.41. The highest BCUT2D eigenvalue weighted by atomic mass is 19.1. The van der Waals surface area contributed by atoms with Crippen LogP contribution in [0.3, 0.4) is 0 Å². The van der Waals surface area contributed by atoms with Crippen LogP contribution in [0.1, 0.15) is 29.2 Å². The molecule has 1 aliphatic rings. The third-order valence-corrected chi connectivity index (χ3v) is 6.26. The van der Waals surface area contributed by atoms with Crippen molar-refractivity contribution in [3.8, 4) is 0 Å². The van der Waals surface area contributed by atoms with Gasteiger partial charge in [-0.15, -0.1) is 0 Å². The van der Waals surface area contributed by atoms with Crippen LogP contribution in [0.25, 0.3) is 6.08 Å². The smallest absolute Gasteiger partial charge is 0.262 e. The first kappa shape index (κ1) is 25.3. The molecule has 1 fully saturated rings. The van der Waals surface area contributed by atoms with E-state index in [2.05, 4.69) is 69.2 Å². The van der Waals surface area contributed by atoms with E-state index in [0.29, 0.717) is 12.1 Å². The van der Waals surface area contributed by atoms with E-state index in [1.165, 1.54) is 35.4 Å². The van der Waals surface area contributed by atoms with E-state index in [4.69, 9.17) is 0 Å². The second-order valence-electron chi connectivity index (χ2n) is 8.78. The van der Waals surface area contributed by atoms with Gasteiger partial charge in [0, 0.05) is 45.2 Å². The average Bonchev–Trinajstić information content (AvgIpc) is 2.92. The van der Waals surface area contributed by atoms with Gasteiger partial charge in [-0.25, -0.2) is 4.39 Å². The molecule has 0 spiro atoms. The van der Waals surface area contributed by atoms with Crippen molar-refractivity contribution in [1.29, 1.82) is 0 Å². The molecular weight excluding hydrogens is 455 g/mol. The molecule has 0 unspecified atom stereocenters. The molecule has 0 bridgehead atoms. The van der Waals surface area contributed by atoms with Gasteiger partial charge in [0.05, 0.1) is 6.04 Å². The minimum atomic E-state index is -0.478. The molecule has 0 atom stereocenters. The summed E-state index contributed by atoms with van der Waals surface area (Å²) in [5.41, 5.74) is 7.93. The van der Waals surface area contributed by atoms with Gasteiger partial charge in [0.15, 0.2) is 0 Å². The number of carbonyl (C=O) groups excluding carboxylic acids is 2. The van der Waals surface area contributed by atoms with Crippen LogP contribution in [0.4, 0.5) is 4.39 Å². The molecule has 0 radical (unpaired) electrons. The van der Waals surface area contributed by atoms with Crippen molar-refractivity contribution in [2.24, 2.45) is 0 Å². The predicted octanol–water partition coefficient (Wildman–Crippen LogP) is 3.78. The maximum Gasteiger partial charge on any atom is 0.262 e. The minimum absolute atomic E-state index is 0.202. The number of hydrogen-bond acceptors (Lipinski definition) is 4. The lowest BCUT2D eigenvalue weighted by atomic mass is 9.96. The van der Waals surface area contributed by atoms with Crippen molar-refractivity contribution in [2.75, 3.05) is 32.7 Å². The van der Waals surface area contributed by atoms with Crippen LogP contribution in [0.2, 0.25) is 0 Å². The van der Waals surface area contributed by atoms with Gasteiger partial charge in [-0.1, -0.05) is 72.8 Å². The van der Waals surface area contributed by atoms with E-state index in [1.807, 2.05) is 12.1 Å². The van der Waals surface area contributed by atoms with Gasteiger partial charge in [0.2, 0.25) is 5.91 Å². The Kier molecular flexibility index (Phi) is 8.97.